The van der Waals surface area contributed by atoms with Crippen molar-refractivity contribution in [2.45, 2.75) is 38.8 Å². The third kappa shape index (κ3) is 2.58. The summed E-state index contributed by atoms with van der Waals surface area (Å²) >= 11 is 0. The average molecular weight is 272 g/mol. The van der Waals surface area contributed by atoms with Crippen LogP contribution in [0, 0.1) is 12.8 Å². The molecule has 0 radical (unpaired) electrons. The van der Waals surface area contributed by atoms with E-state index in [9.17, 15) is 0 Å². The van der Waals surface area contributed by atoms with Crippen LogP contribution in [0.4, 0.5) is 0 Å². The number of hydrogen-bond acceptors (Lipinski definition) is 4. The Morgan fingerprint density at radius 2 is 2.25 bits per heavy atom. The van der Waals surface area contributed by atoms with E-state index in [4.69, 9.17) is 4.74 Å². The highest BCUT2D eigenvalue weighted by Crippen LogP contribution is 2.32. The van der Waals surface area contributed by atoms with Gasteiger partial charge in [0.05, 0.1) is 12.6 Å². The molecule has 2 aromatic rings. The van der Waals surface area contributed by atoms with E-state index in [0.29, 0.717) is 5.92 Å². The maximum Gasteiger partial charge on any atom is 0.177 e. The van der Waals surface area contributed by atoms with Gasteiger partial charge in [-0.3, -0.25) is 4.98 Å². The molecule has 1 aliphatic carbocycles. The maximum absolute atomic E-state index is 5.65. The van der Waals surface area contributed by atoms with Crippen molar-refractivity contribution in [3.63, 3.8) is 0 Å². The molecule has 0 saturated heterocycles. The molecule has 1 aliphatic rings. The Kier molecular flexibility index (Phi) is 3.78. The van der Waals surface area contributed by atoms with Gasteiger partial charge < -0.3 is 4.74 Å². The van der Waals surface area contributed by atoms with Crippen molar-refractivity contribution in [3.05, 3.63) is 30.2 Å². The second-order valence-corrected chi connectivity index (χ2v) is 5.34. The highest BCUT2D eigenvalue weighted by Gasteiger charge is 2.28. The topological polar surface area (TPSA) is 52.8 Å². The summed E-state index contributed by atoms with van der Waals surface area (Å²) in [7, 11) is 1.78. The van der Waals surface area contributed by atoms with Crippen LogP contribution >= 0.6 is 0 Å². The van der Waals surface area contributed by atoms with Crippen LogP contribution in [0.5, 0.6) is 0 Å². The Morgan fingerprint density at radius 3 is 2.85 bits per heavy atom. The zero-order valence-electron chi connectivity index (χ0n) is 12.0. The van der Waals surface area contributed by atoms with Gasteiger partial charge in [0, 0.05) is 13.3 Å². The lowest BCUT2D eigenvalue weighted by atomic mass is 9.81. The van der Waals surface area contributed by atoms with Crippen molar-refractivity contribution >= 4 is 0 Å². The molecule has 2 heterocycles. The van der Waals surface area contributed by atoms with E-state index in [1.54, 1.807) is 13.3 Å². The summed E-state index contributed by atoms with van der Waals surface area (Å²) in [4.78, 5) is 8.88. The van der Waals surface area contributed by atoms with E-state index in [1.165, 1.54) is 19.3 Å². The summed E-state index contributed by atoms with van der Waals surface area (Å²) in [6.45, 7) is 2.65. The first-order valence-electron chi connectivity index (χ1n) is 7.13. The minimum Gasteiger partial charge on any atom is -0.379 e. The lowest BCUT2D eigenvalue weighted by Gasteiger charge is -2.32. The lowest BCUT2D eigenvalue weighted by Crippen LogP contribution is -2.33. The van der Waals surface area contributed by atoms with E-state index in [2.05, 4.69) is 15.1 Å². The first-order chi connectivity index (χ1) is 9.78. The van der Waals surface area contributed by atoms with E-state index in [1.807, 2.05) is 29.8 Å². The number of hydrogen-bond donors (Lipinski definition) is 0. The normalized spacial score (nSPS) is 16.9. The second kappa shape index (κ2) is 5.71. The Morgan fingerprint density at radius 1 is 1.40 bits per heavy atom. The molecular formula is C15H20N4O. The first-order valence-corrected chi connectivity index (χ1v) is 7.13. The third-order valence-electron chi connectivity index (χ3n) is 4.00. The summed E-state index contributed by atoms with van der Waals surface area (Å²) < 4.78 is 7.58. The zero-order chi connectivity index (χ0) is 13.9. The molecule has 1 saturated carbocycles. The summed E-state index contributed by atoms with van der Waals surface area (Å²) in [6, 6.07) is 5.84. The van der Waals surface area contributed by atoms with Crippen molar-refractivity contribution in [2.75, 3.05) is 7.11 Å². The van der Waals surface area contributed by atoms with Crippen LogP contribution in [0.15, 0.2) is 24.4 Å². The van der Waals surface area contributed by atoms with E-state index < -0.39 is 0 Å². The van der Waals surface area contributed by atoms with Gasteiger partial charge in [-0.05, 0) is 37.8 Å². The highest BCUT2D eigenvalue weighted by atomic mass is 16.5. The maximum atomic E-state index is 5.65. The molecule has 0 bridgehead atoms. The molecular weight excluding hydrogens is 252 g/mol. The second-order valence-electron chi connectivity index (χ2n) is 5.34. The number of rotatable bonds is 5. The molecule has 5 nitrogen and oxygen atoms in total. The summed E-state index contributed by atoms with van der Waals surface area (Å²) in [6.07, 6.45) is 5.82. The third-order valence-corrected chi connectivity index (χ3v) is 4.00. The molecule has 0 aromatic carbocycles. The van der Waals surface area contributed by atoms with Crippen LogP contribution in [0.25, 0.3) is 11.5 Å². The molecule has 1 atom stereocenters. The van der Waals surface area contributed by atoms with Crippen LogP contribution in [0.3, 0.4) is 0 Å². The van der Waals surface area contributed by atoms with Gasteiger partial charge in [0.15, 0.2) is 5.82 Å². The first kappa shape index (κ1) is 13.2. The van der Waals surface area contributed by atoms with Crippen LogP contribution in [0.1, 0.15) is 25.1 Å². The lowest BCUT2D eigenvalue weighted by molar-refractivity contribution is 0.00575. The summed E-state index contributed by atoms with van der Waals surface area (Å²) in [5.41, 5.74) is 0.858. The molecule has 1 fully saturated rings. The molecule has 1 unspecified atom stereocenters. The van der Waals surface area contributed by atoms with Crippen molar-refractivity contribution in [1.29, 1.82) is 0 Å². The van der Waals surface area contributed by atoms with Crippen LogP contribution in [0.2, 0.25) is 0 Å². The van der Waals surface area contributed by atoms with Gasteiger partial charge in [0.1, 0.15) is 11.5 Å². The fourth-order valence-electron chi connectivity index (χ4n) is 2.67. The van der Waals surface area contributed by atoms with Crippen molar-refractivity contribution in [2.24, 2.45) is 5.92 Å². The minimum atomic E-state index is 0.215. The standard InChI is InChI=1S/C15H20N4O/c1-11-17-15(13-8-3-4-9-16-13)19(18-11)10-14(20-2)12-6-5-7-12/h3-4,8-9,12,14H,5-7,10H2,1-2H3. The zero-order valence-corrected chi connectivity index (χ0v) is 12.0. The number of pyridine rings is 1. The summed E-state index contributed by atoms with van der Waals surface area (Å²) in [5, 5.41) is 4.50. The van der Waals surface area contributed by atoms with Gasteiger partial charge >= 0.3 is 0 Å². The number of methoxy groups -OCH3 is 1. The predicted molar refractivity (Wildman–Crippen MR) is 76.1 cm³/mol. The van der Waals surface area contributed by atoms with Crippen LogP contribution < -0.4 is 0 Å². The SMILES string of the molecule is COC(Cn1nc(C)nc1-c1ccccn1)C1CCC1. The quantitative estimate of drug-likeness (QED) is 0.839. The predicted octanol–water partition coefficient (Wildman–Crippen LogP) is 2.46. The van der Waals surface area contributed by atoms with Crippen LogP contribution in [-0.2, 0) is 11.3 Å². The Balaban J connectivity index is 1.85. The Hall–Kier alpha value is -1.75. The van der Waals surface area contributed by atoms with Gasteiger partial charge in [0.25, 0.3) is 0 Å². The van der Waals surface area contributed by atoms with E-state index in [-0.39, 0.29) is 6.10 Å². The molecule has 0 N–H and O–H groups in total. The van der Waals surface area contributed by atoms with Gasteiger partial charge in [-0.2, -0.15) is 5.10 Å². The van der Waals surface area contributed by atoms with Gasteiger partial charge in [-0.15, -0.1) is 0 Å². The number of ether oxygens (including phenoxy) is 1. The van der Waals surface area contributed by atoms with E-state index >= 15 is 0 Å². The van der Waals surface area contributed by atoms with Crippen LogP contribution in [-0.4, -0.2) is 33.0 Å². The number of aryl methyl sites for hydroxylation is 1. The van der Waals surface area contributed by atoms with Gasteiger partial charge in [0.2, 0.25) is 0 Å². The van der Waals surface area contributed by atoms with E-state index in [0.717, 1.165) is 23.9 Å². The highest BCUT2D eigenvalue weighted by molar-refractivity contribution is 5.48. The Labute approximate surface area is 119 Å². The Bertz CT molecular complexity index is 563. The van der Waals surface area contributed by atoms with Gasteiger partial charge in [-0.25, -0.2) is 9.67 Å². The number of aromatic nitrogens is 4. The molecule has 2 aromatic heterocycles. The molecule has 0 amide bonds. The molecule has 0 spiro atoms. The van der Waals surface area contributed by atoms with Crippen molar-refractivity contribution in [1.82, 2.24) is 19.7 Å². The number of nitrogens with zero attached hydrogens (tertiary/aromatic N) is 4. The fraction of sp³-hybridized carbons (Fsp3) is 0.533. The molecule has 106 valence electrons. The molecule has 0 aliphatic heterocycles. The van der Waals surface area contributed by atoms with Crippen molar-refractivity contribution < 1.29 is 4.74 Å². The molecule has 5 heteroatoms. The summed E-state index contributed by atoms with van der Waals surface area (Å²) in [5.74, 6) is 2.25. The van der Waals surface area contributed by atoms with Gasteiger partial charge in [-0.1, -0.05) is 12.5 Å². The molecule has 3 rings (SSSR count). The molecule has 20 heavy (non-hydrogen) atoms. The fourth-order valence-corrected chi connectivity index (χ4v) is 2.67. The smallest absolute Gasteiger partial charge is 0.177 e. The average Bonchev–Trinajstić information content (AvgIpc) is 2.78. The monoisotopic (exact) mass is 272 g/mol. The van der Waals surface area contributed by atoms with Crippen molar-refractivity contribution in [3.8, 4) is 11.5 Å². The largest absolute Gasteiger partial charge is 0.379 e. The minimum absolute atomic E-state index is 0.215.